The number of hydrogen-bond donors (Lipinski definition) is 0. The third kappa shape index (κ3) is 3.85. The summed E-state index contributed by atoms with van der Waals surface area (Å²) in [6, 6.07) is 13.7. The number of pyridine rings is 1. The third-order valence-electron chi connectivity index (χ3n) is 6.45. The Morgan fingerprint density at radius 3 is 2.71 bits per heavy atom. The second kappa shape index (κ2) is 8.46. The number of likely N-dealkylation sites (tertiary alicyclic amines) is 1. The van der Waals surface area contributed by atoms with Crippen LogP contribution in [-0.2, 0) is 20.1 Å². The summed E-state index contributed by atoms with van der Waals surface area (Å²) in [4.78, 5) is 9.46. The van der Waals surface area contributed by atoms with Crippen molar-refractivity contribution in [2.24, 2.45) is 7.05 Å². The van der Waals surface area contributed by atoms with Gasteiger partial charge in [-0.1, -0.05) is 25.1 Å². The predicted molar refractivity (Wildman–Crippen MR) is 116 cm³/mol. The highest BCUT2D eigenvalue weighted by Gasteiger charge is 2.26. The second-order valence-electron chi connectivity index (χ2n) is 8.09. The number of fused-ring (bicyclic) bond motifs is 1. The van der Waals surface area contributed by atoms with E-state index >= 15 is 0 Å². The van der Waals surface area contributed by atoms with E-state index in [1.807, 2.05) is 12.4 Å². The molecule has 1 atom stereocenters. The van der Waals surface area contributed by atoms with Crippen molar-refractivity contribution in [1.82, 2.24) is 19.4 Å². The van der Waals surface area contributed by atoms with Crippen molar-refractivity contribution in [2.75, 3.05) is 19.6 Å². The summed E-state index contributed by atoms with van der Waals surface area (Å²) in [6.45, 7) is 10.1. The monoisotopic (exact) mass is 376 g/mol. The lowest BCUT2D eigenvalue weighted by Gasteiger charge is -2.39. The number of hydrogen-bond acceptors (Lipinski definition) is 3. The Morgan fingerprint density at radius 1 is 1.14 bits per heavy atom. The molecule has 0 spiro atoms. The van der Waals surface area contributed by atoms with Gasteiger partial charge in [0, 0.05) is 61.7 Å². The van der Waals surface area contributed by atoms with Crippen molar-refractivity contribution < 1.29 is 0 Å². The third-order valence-corrected chi connectivity index (χ3v) is 6.45. The molecular weight excluding hydrogens is 344 g/mol. The quantitative estimate of drug-likeness (QED) is 0.638. The van der Waals surface area contributed by atoms with Gasteiger partial charge in [0.15, 0.2) is 0 Å². The fourth-order valence-corrected chi connectivity index (χ4v) is 4.72. The zero-order valence-corrected chi connectivity index (χ0v) is 17.4. The SMILES string of the molecule is CCN(Cc1ccncc1)[C@@H]1CCCN(Cc2c(C)n(C)c3ccccc23)C1. The molecule has 2 aromatic heterocycles. The van der Waals surface area contributed by atoms with Gasteiger partial charge < -0.3 is 4.57 Å². The van der Waals surface area contributed by atoms with Crippen molar-refractivity contribution in [1.29, 1.82) is 0 Å². The molecule has 4 heteroatoms. The average Bonchev–Trinajstić information content (AvgIpc) is 2.98. The smallest absolute Gasteiger partial charge is 0.0483 e. The topological polar surface area (TPSA) is 24.3 Å². The minimum absolute atomic E-state index is 0.627. The molecule has 4 nitrogen and oxygen atoms in total. The Hall–Kier alpha value is -2.17. The summed E-state index contributed by atoms with van der Waals surface area (Å²) in [5.41, 5.74) is 5.60. The molecule has 148 valence electrons. The summed E-state index contributed by atoms with van der Waals surface area (Å²) in [5, 5.41) is 1.41. The van der Waals surface area contributed by atoms with Gasteiger partial charge in [-0.25, -0.2) is 0 Å². The summed E-state index contributed by atoms with van der Waals surface area (Å²) < 4.78 is 2.34. The second-order valence-corrected chi connectivity index (χ2v) is 8.09. The van der Waals surface area contributed by atoms with Crippen molar-refractivity contribution >= 4 is 10.9 Å². The van der Waals surface area contributed by atoms with Gasteiger partial charge in [0.25, 0.3) is 0 Å². The van der Waals surface area contributed by atoms with Gasteiger partial charge in [0.05, 0.1) is 0 Å². The highest BCUT2D eigenvalue weighted by Crippen LogP contribution is 2.28. The van der Waals surface area contributed by atoms with Crippen LogP contribution in [0.15, 0.2) is 48.8 Å². The van der Waals surface area contributed by atoms with E-state index in [-0.39, 0.29) is 0 Å². The predicted octanol–water partition coefficient (Wildman–Crippen LogP) is 4.37. The molecule has 0 amide bonds. The van der Waals surface area contributed by atoms with Gasteiger partial charge in [-0.2, -0.15) is 0 Å². The molecular formula is C24H32N4. The average molecular weight is 377 g/mol. The standard InChI is InChI=1S/C24H32N4/c1-4-28(16-20-11-13-25-14-12-20)21-8-7-15-27(17-21)18-23-19(2)26(3)24-10-6-5-9-22(23)24/h5-6,9-14,21H,4,7-8,15-18H2,1-3H3/t21-/m1/s1. The van der Waals surface area contributed by atoms with E-state index < -0.39 is 0 Å². The van der Waals surface area contributed by atoms with Crippen LogP contribution >= 0.6 is 0 Å². The number of para-hydroxylation sites is 1. The fraction of sp³-hybridized carbons (Fsp3) is 0.458. The Bertz CT molecular complexity index is 915. The molecule has 1 aliphatic rings. The van der Waals surface area contributed by atoms with Crippen LogP contribution in [0.1, 0.15) is 36.6 Å². The number of piperidine rings is 1. The Morgan fingerprint density at radius 2 is 1.93 bits per heavy atom. The first-order valence-corrected chi connectivity index (χ1v) is 10.6. The molecule has 3 heterocycles. The van der Waals surface area contributed by atoms with Crippen LogP contribution < -0.4 is 0 Å². The summed E-state index contributed by atoms with van der Waals surface area (Å²) in [7, 11) is 2.19. The first-order chi connectivity index (χ1) is 13.7. The van der Waals surface area contributed by atoms with E-state index in [0.29, 0.717) is 6.04 Å². The molecule has 0 radical (unpaired) electrons. The molecule has 1 saturated heterocycles. The highest BCUT2D eigenvalue weighted by molar-refractivity contribution is 5.85. The van der Waals surface area contributed by atoms with Gasteiger partial charge in [-0.3, -0.25) is 14.8 Å². The van der Waals surface area contributed by atoms with Gasteiger partial charge >= 0.3 is 0 Å². The molecule has 0 N–H and O–H groups in total. The number of benzene rings is 1. The lowest BCUT2D eigenvalue weighted by Crippen LogP contribution is -2.47. The van der Waals surface area contributed by atoms with Gasteiger partial charge in [-0.05, 0) is 62.2 Å². The molecule has 1 aromatic carbocycles. The van der Waals surface area contributed by atoms with Crippen LogP contribution in [0.4, 0.5) is 0 Å². The van der Waals surface area contributed by atoms with Crippen LogP contribution in [0.2, 0.25) is 0 Å². The van der Waals surface area contributed by atoms with Gasteiger partial charge in [-0.15, -0.1) is 0 Å². The van der Waals surface area contributed by atoms with Crippen molar-refractivity contribution in [3.8, 4) is 0 Å². The van der Waals surface area contributed by atoms with Gasteiger partial charge in [0.1, 0.15) is 0 Å². The molecule has 4 rings (SSSR count). The maximum atomic E-state index is 4.16. The first kappa shape index (κ1) is 19.2. The normalized spacial score (nSPS) is 18.2. The summed E-state index contributed by atoms with van der Waals surface area (Å²) in [6.07, 6.45) is 6.38. The van der Waals surface area contributed by atoms with Crippen molar-refractivity contribution in [3.05, 3.63) is 65.6 Å². The van der Waals surface area contributed by atoms with E-state index in [2.05, 4.69) is 76.6 Å². The molecule has 1 aliphatic heterocycles. The minimum Gasteiger partial charge on any atom is -0.348 e. The lowest BCUT2D eigenvalue weighted by molar-refractivity contribution is 0.0918. The number of rotatable bonds is 6. The molecule has 1 fully saturated rings. The zero-order chi connectivity index (χ0) is 19.5. The fourth-order valence-electron chi connectivity index (χ4n) is 4.72. The van der Waals surface area contributed by atoms with Crippen LogP contribution in [0, 0.1) is 6.92 Å². The van der Waals surface area contributed by atoms with E-state index in [4.69, 9.17) is 0 Å². The molecule has 0 unspecified atom stereocenters. The van der Waals surface area contributed by atoms with E-state index in [1.54, 1.807) is 0 Å². The van der Waals surface area contributed by atoms with Crippen LogP contribution in [0.25, 0.3) is 10.9 Å². The Labute approximate surface area is 168 Å². The maximum Gasteiger partial charge on any atom is 0.0483 e. The van der Waals surface area contributed by atoms with Gasteiger partial charge in [0.2, 0.25) is 0 Å². The van der Waals surface area contributed by atoms with E-state index in [1.165, 1.54) is 47.1 Å². The van der Waals surface area contributed by atoms with Crippen molar-refractivity contribution in [3.63, 3.8) is 0 Å². The van der Waals surface area contributed by atoms with Crippen LogP contribution in [0.3, 0.4) is 0 Å². The summed E-state index contributed by atoms with van der Waals surface area (Å²) >= 11 is 0. The molecule has 28 heavy (non-hydrogen) atoms. The zero-order valence-electron chi connectivity index (χ0n) is 17.4. The van der Waals surface area contributed by atoms with E-state index in [9.17, 15) is 0 Å². The van der Waals surface area contributed by atoms with Crippen molar-refractivity contribution in [2.45, 2.75) is 45.8 Å². The first-order valence-electron chi connectivity index (χ1n) is 10.6. The molecule has 0 saturated carbocycles. The molecule has 0 bridgehead atoms. The number of aromatic nitrogens is 2. The maximum absolute atomic E-state index is 4.16. The molecule has 3 aromatic rings. The van der Waals surface area contributed by atoms with Crippen LogP contribution in [-0.4, -0.2) is 45.0 Å². The lowest BCUT2D eigenvalue weighted by atomic mass is 10.0. The van der Waals surface area contributed by atoms with E-state index in [0.717, 1.165) is 26.2 Å². The highest BCUT2D eigenvalue weighted by atomic mass is 15.2. The number of nitrogens with zero attached hydrogens (tertiary/aromatic N) is 4. The summed E-state index contributed by atoms with van der Waals surface area (Å²) in [5.74, 6) is 0. The minimum atomic E-state index is 0.627. The molecule has 0 aliphatic carbocycles. The largest absolute Gasteiger partial charge is 0.348 e. The number of likely N-dealkylation sites (N-methyl/N-ethyl adjacent to an activating group) is 1. The number of aryl methyl sites for hydroxylation is 1. The Kier molecular flexibility index (Phi) is 5.79. The van der Waals surface area contributed by atoms with Crippen LogP contribution in [0.5, 0.6) is 0 Å². The Balaban J connectivity index is 1.49.